The number of thiophene rings is 1. The number of nitrogens with one attached hydrogen (secondary N) is 2. The number of hydrogen-bond acceptors (Lipinski definition) is 7. The molecule has 2 N–H and O–H groups in total. The van der Waals surface area contributed by atoms with E-state index in [1.165, 1.54) is 11.3 Å². The third kappa shape index (κ3) is 5.56. The van der Waals surface area contributed by atoms with Crippen LogP contribution in [0.2, 0.25) is 0 Å². The minimum absolute atomic E-state index is 0.223. The molecule has 0 bridgehead atoms. The van der Waals surface area contributed by atoms with Gasteiger partial charge in [0.25, 0.3) is 5.91 Å². The number of pyridine rings is 1. The second-order valence-electron chi connectivity index (χ2n) is 10.1. The Kier molecular flexibility index (Phi) is 8.60. The second-order valence-corrected chi connectivity index (χ2v) is 14.1. The molecule has 1 unspecified atom stereocenters. The Balaban J connectivity index is 1.71. The first kappa shape index (κ1) is 28.5. The first-order chi connectivity index (χ1) is 20.6. The Morgan fingerprint density at radius 2 is 1.62 bits per heavy atom. The van der Waals surface area contributed by atoms with E-state index in [0.29, 0.717) is 30.3 Å². The fourth-order valence-electron chi connectivity index (χ4n) is 5.39. The lowest BCUT2D eigenvalue weighted by Crippen LogP contribution is -2.48. The van der Waals surface area contributed by atoms with Crippen molar-refractivity contribution in [3.05, 3.63) is 113 Å². The van der Waals surface area contributed by atoms with Gasteiger partial charge in [-0.1, -0.05) is 91.0 Å². The number of benzene rings is 3. The Labute approximate surface area is 250 Å². The highest BCUT2D eigenvalue weighted by molar-refractivity contribution is 7.87. The number of aryl methyl sites for hydroxylation is 1. The highest BCUT2D eigenvalue weighted by Gasteiger charge is 2.31. The molecule has 1 saturated heterocycles. The van der Waals surface area contributed by atoms with Crippen LogP contribution in [0.25, 0.3) is 10.2 Å². The maximum Gasteiger partial charge on any atom is 0.265 e. The lowest BCUT2D eigenvalue weighted by Gasteiger charge is -2.27. The van der Waals surface area contributed by atoms with Crippen LogP contribution < -0.4 is 26.5 Å². The molecule has 9 heteroatoms. The highest BCUT2D eigenvalue weighted by Crippen LogP contribution is 2.53. The molecule has 3 heterocycles. The summed E-state index contributed by atoms with van der Waals surface area (Å²) in [4.78, 5) is 20.2. The van der Waals surface area contributed by atoms with Crippen molar-refractivity contribution in [3.8, 4) is 0 Å². The number of amides is 1. The predicted molar refractivity (Wildman–Crippen MR) is 172 cm³/mol. The number of morpholine rings is 1. The summed E-state index contributed by atoms with van der Waals surface area (Å²) >= 11 is 1.37. The molecule has 1 fully saturated rings. The van der Waals surface area contributed by atoms with Crippen LogP contribution in [0.5, 0.6) is 0 Å². The fraction of sp³-hybridized carbons (Fsp3) is 0.212. The molecule has 1 amide bonds. The predicted octanol–water partition coefficient (Wildman–Crippen LogP) is 5.24. The maximum atomic E-state index is 14.0. The lowest BCUT2D eigenvalue weighted by molar-refractivity contribution is 0.00849. The number of nitrogens with zero attached hydrogens (tertiary/aromatic N) is 2. The van der Waals surface area contributed by atoms with Crippen LogP contribution in [-0.4, -0.2) is 43.9 Å². The number of carbonyl (C=O) groups is 1. The van der Waals surface area contributed by atoms with Crippen molar-refractivity contribution >= 4 is 56.1 Å². The van der Waals surface area contributed by atoms with Crippen LogP contribution in [0.4, 0.5) is 5.69 Å². The Morgan fingerprint density at radius 1 is 1.02 bits per heavy atom. The van der Waals surface area contributed by atoms with Crippen molar-refractivity contribution < 1.29 is 14.3 Å². The van der Waals surface area contributed by atoms with E-state index in [1.54, 1.807) is 7.11 Å². The average molecular weight is 597 g/mol. The van der Waals surface area contributed by atoms with E-state index in [2.05, 4.69) is 83.4 Å². The van der Waals surface area contributed by atoms with E-state index < -0.39 is 13.3 Å². The number of methoxy groups -OCH3 is 1. The van der Waals surface area contributed by atoms with Gasteiger partial charge in [0.15, 0.2) is 0 Å². The monoisotopic (exact) mass is 596 g/mol. The molecule has 5 aromatic rings. The van der Waals surface area contributed by atoms with E-state index in [0.717, 1.165) is 43.9 Å². The summed E-state index contributed by atoms with van der Waals surface area (Å²) in [5.74, 6) is -0.223. The average Bonchev–Trinajstić information content (AvgIpc) is 3.39. The Bertz CT molecular complexity index is 1630. The zero-order chi connectivity index (χ0) is 28.9. The van der Waals surface area contributed by atoms with E-state index in [-0.39, 0.29) is 5.91 Å². The van der Waals surface area contributed by atoms with E-state index in [1.807, 2.05) is 31.2 Å². The molecule has 214 valence electrons. The molecule has 7 nitrogen and oxygen atoms in total. The van der Waals surface area contributed by atoms with Gasteiger partial charge in [0, 0.05) is 47.2 Å². The summed E-state index contributed by atoms with van der Waals surface area (Å²) in [5, 5.41) is 10.5. The van der Waals surface area contributed by atoms with E-state index in [4.69, 9.17) is 19.2 Å². The molecule has 2 aromatic heterocycles. The summed E-state index contributed by atoms with van der Waals surface area (Å²) < 4.78 is 17.2. The molecule has 0 radical (unpaired) electrons. The fourth-order valence-corrected chi connectivity index (χ4v) is 10.1. The van der Waals surface area contributed by atoms with Crippen LogP contribution >= 0.6 is 18.4 Å². The number of ether oxygens (including phenoxy) is 2. The third-order valence-corrected chi connectivity index (χ3v) is 11.9. The van der Waals surface area contributed by atoms with Crippen molar-refractivity contribution in [2.24, 2.45) is 4.74 Å². The molecule has 0 aliphatic carbocycles. The van der Waals surface area contributed by atoms with E-state index >= 15 is 0 Å². The molecule has 1 aliphatic rings. The minimum atomic E-state index is -2.67. The van der Waals surface area contributed by atoms with Gasteiger partial charge in [-0.05, 0) is 18.6 Å². The van der Waals surface area contributed by atoms with Gasteiger partial charge in [-0.2, -0.15) is 0 Å². The van der Waals surface area contributed by atoms with Crippen LogP contribution in [0.3, 0.4) is 0 Å². The van der Waals surface area contributed by atoms with Gasteiger partial charge in [0.05, 0.1) is 26.0 Å². The molecule has 0 saturated carbocycles. The van der Waals surface area contributed by atoms with Crippen molar-refractivity contribution in [2.75, 3.05) is 26.8 Å². The first-order valence-electron chi connectivity index (χ1n) is 13.9. The lowest BCUT2D eigenvalue weighted by atomic mass is 10.1. The number of rotatable bonds is 8. The molecule has 1 atom stereocenters. The highest BCUT2D eigenvalue weighted by atomic mass is 32.1. The van der Waals surface area contributed by atoms with Gasteiger partial charge < -0.3 is 20.1 Å². The maximum absolute atomic E-state index is 14.0. The first-order valence-corrected chi connectivity index (χ1v) is 16.5. The molecule has 42 heavy (non-hydrogen) atoms. The van der Waals surface area contributed by atoms with Crippen LogP contribution in [0.15, 0.2) is 102 Å². The molecule has 3 aromatic carbocycles. The van der Waals surface area contributed by atoms with Gasteiger partial charge in [-0.3, -0.25) is 9.54 Å². The SMILES string of the molecule is COCc1cc(C)nc2sc(C(=O)NC3CNCCO3)c(N=P(c3ccccc3)(c3ccccc3)c3ccccc3)c12. The minimum Gasteiger partial charge on any atom is -0.380 e. The zero-order valence-corrected chi connectivity index (χ0v) is 25.3. The topological polar surface area (TPSA) is 84.8 Å². The Morgan fingerprint density at radius 3 is 2.14 bits per heavy atom. The summed E-state index contributed by atoms with van der Waals surface area (Å²) in [6.07, 6.45) is -0.422. The second kappa shape index (κ2) is 12.7. The quantitative estimate of drug-likeness (QED) is 0.240. The standard InChI is InChI=1S/C33H33N4O3PS/c1-23-20-24(22-39-2)29-30(31(42-33(29)35-23)32(38)36-28-21-34-18-19-40-28)37-41(25-12-6-3-7-13-25,26-14-8-4-9-15-26)27-16-10-5-11-17-27/h3-17,20,28,34H,18-19,21-22H2,1-2H3,(H,36,38). The number of fused-ring (bicyclic) bond motifs is 1. The van der Waals surface area contributed by atoms with Crippen molar-refractivity contribution in [1.29, 1.82) is 0 Å². The largest absolute Gasteiger partial charge is 0.380 e. The molecular formula is C33H33N4O3PS. The van der Waals surface area contributed by atoms with Gasteiger partial charge in [-0.25, -0.2) is 4.98 Å². The van der Waals surface area contributed by atoms with Crippen LogP contribution in [0, 0.1) is 6.92 Å². The van der Waals surface area contributed by atoms with Gasteiger partial charge in [0.1, 0.15) is 15.9 Å². The van der Waals surface area contributed by atoms with E-state index in [9.17, 15) is 4.79 Å². The molecular weight excluding hydrogens is 563 g/mol. The normalized spacial score (nSPS) is 15.4. The number of hydrogen-bond donors (Lipinski definition) is 2. The molecule has 0 spiro atoms. The van der Waals surface area contributed by atoms with Gasteiger partial charge in [-0.15, -0.1) is 11.3 Å². The van der Waals surface area contributed by atoms with Gasteiger partial charge >= 0.3 is 0 Å². The summed E-state index contributed by atoms with van der Waals surface area (Å²) in [6.45, 7) is 4.19. The molecule has 1 aliphatic heterocycles. The van der Waals surface area contributed by atoms with Crippen LogP contribution in [0.1, 0.15) is 20.9 Å². The summed E-state index contributed by atoms with van der Waals surface area (Å²) in [7, 11) is -0.985. The number of aromatic nitrogens is 1. The smallest absolute Gasteiger partial charge is 0.265 e. The summed E-state index contributed by atoms with van der Waals surface area (Å²) in [6, 6.07) is 33.3. The van der Waals surface area contributed by atoms with Crippen LogP contribution in [-0.2, 0) is 16.1 Å². The van der Waals surface area contributed by atoms with Crippen molar-refractivity contribution in [2.45, 2.75) is 19.8 Å². The number of carbonyl (C=O) groups excluding carboxylic acids is 1. The third-order valence-electron chi connectivity index (χ3n) is 7.21. The summed E-state index contributed by atoms with van der Waals surface area (Å²) in [5.41, 5.74) is 2.46. The Hall–Kier alpha value is -3.65. The van der Waals surface area contributed by atoms with Crippen molar-refractivity contribution in [1.82, 2.24) is 15.6 Å². The molecule has 6 rings (SSSR count). The van der Waals surface area contributed by atoms with Crippen molar-refractivity contribution in [3.63, 3.8) is 0 Å². The van der Waals surface area contributed by atoms with Gasteiger partial charge in [0.2, 0.25) is 0 Å². The zero-order valence-electron chi connectivity index (χ0n) is 23.6.